The van der Waals surface area contributed by atoms with Crippen LogP contribution in [0.1, 0.15) is 48.7 Å². The van der Waals surface area contributed by atoms with Crippen LogP contribution in [0.3, 0.4) is 0 Å². The van der Waals surface area contributed by atoms with Crippen molar-refractivity contribution in [3.63, 3.8) is 0 Å². The fourth-order valence-corrected chi connectivity index (χ4v) is 4.23. The Morgan fingerprint density at radius 3 is 2.59 bits per heavy atom. The van der Waals surface area contributed by atoms with Crippen LogP contribution in [0.5, 0.6) is 11.5 Å². The number of pyridine rings is 1. The number of benzene rings is 1. The van der Waals surface area contributed by atoms with E-state index in [-0.39, 0.29) is 17.3 Å². The number of aromatic hydroxyl groups is 1. The first kappa shape index (κ1) is 19.2. The molecule has 154 valence electrons. The number of hydrogen-bond donors (Lipinski definition) is 2. The van der Waals surface area contributed by atoms with Gasteiger partial charge in [-0.1, -0.05) is 0 Å². The summed E-state index contributed by atoms with van der Waals surface area (Å²) in [5, 5.41) is 21.3. The van der Waals surface area contributed by atoms with Gasteiger partial charge in [0.1, 0.15) is 5.56 Å². The molecule has 0 aliphatic carbocycles. The maximum atomic E-state index is 12.7. The standard InChI is InChI=1S/C19H17F3N2O5/c1-18(2)4-3-12-9-5-15(26)16(29-19(20,21)22)6-10(9)13-7-14(25)11(17(27)28)8-23(13)24(12)18/h5-8,12,26H,3-4H2,1-2H3,(H,27,28). The van der Waals surface area contributed by atoms with Gasteiger partial charge in [0, 0.05) is 17.8 Å². The van der Waals surface area contributed by atoms with Crippen LogP contribution >= 0.6 is 0 Å². The predicted molar refractivity (Wildman–Crippen MR) is 95.7 cm³/mol. The molecule has 29 heavy (non-hydrogen) atoms. The number of rotatable bonds is 2. The number of carboxylic acids is 1. The van der Waals surface area contributed by atoms with Gasteiger partial charge in [0.05, 0.1) is 17.3 Å². The molecule has 3 heterocycles. The number of aromatic nitrogens is 1. The zero-order chi connectivity index (χ0) is 21.3. The van der Waals surface area contributed by atoms with Crippen molar-refractivity contribution >= 4 is 5.97 Å². The molecule has 1 aromatic carbocycles. The van der Waals surface area contributed by atoms with Crippen molar-refractivity contribution in [1.82, 2.24) is 4.68 Å². The molecule has 7 nitrogen and oxygen atoms in total. The Morgan fingerprint density at radius 2 is 1.97 bits per heavy atom. The van der Waals surface area contributed by atoms with E-state index in [1.54, 1.807) is 0 Å². The first-order valence-electron chi connectivity index (χ1n) is 8.82. The van der Waals surface area contributed by atoms with Crippen LogP contribution in [0.25, 0.3) is 11.3 Å². The first-order valence-corrected chi connectivity index (χ1v) is 8.82. The van der Waals surface area contributed by atoms with Gasteiger partial charge >= 0.3 is 12.3 Å². The average molecular weight is 410 g/mol. The minimum atomic E-state index is -5.01. The largest absolute Gasteiger partial charge is 0.573 e. The monoisotopic (exact) mass is 410 g/mol. The second-order valence-electron chi connectivity index (χ2n) is 7.75. The van der Waals surface area contributed by atoms with E-state index >= 15 is 0 Å². The van der Waals surface area contributed by atoms with E-state index in [9.17, 15) is 33.0 Å². The second-order valence-corrected chi connectivity index (χ2v) is 7.75. The SMILES string of the molecule is CC1(C)CCC2c3cc(O)c(OC(F)(F)F)cc3-c3cc(=O)c(C(=O)O)cn3N21. The summed E-state index contributed by atoms with van der Waals surface area (Å²) in [4.78, 5) is 23.8. The molecule has 0 bridgehead atoms. The lowest BCUT2D eigenvalue weighted by Crippen LogP contribution is -2.50. The molecule has 0 saturated carbocycles. The number of alkyl halides is 3. The van der Waals surface area contributed by atoms with Crippen LogP contribution in [0.15, 0.2) is 29.2 Å². The smallest absolute Gasteiger partial charge is 0.504 e. The Morgan fingerprint density at radius 1 is 1.28 bits per heavy atom. The van der Waals surface area contributed by atoms with Crippen LogP contribution < -0.4 is 15.2 Å². The number of phenolic OH excluding ortho intramolecular Hbond substituents is 1. The molecule has 0 spiro atoms. The quantitative estimate of drug-likeness (QED) is 0.789. The highest BCUT2D eigenvalue weighted by atomic mass is 19.4. The Labute approximate surface area is 162 Å². The number of halogens is 3. The summed E-state index contributed by atoms with van der Waals surface area (Å²) in [5.41, 5.74) is -0.576. The van der Waals surface area contributed by atoms with Crippen LogP contribution in [0.2, 0.25) is 0 Å². The van der Waals surface area contributed by atoms with Crippen molar-refractivity contribution in [2.45, 2.75) is 44.6 Å². The van der Waals surface area contributed by atoms with Crippen LogP contribution in [-0.4, -0.2) is 32.8 Å². The number of nitrogens with zero attached hydrogens (tertiary/aromatic N) is 2. The van der Waals surface area contributed by atoms with Gasteiger partial charge in [-0.05, 0) is 44.4 Å². The fraction of sp³-hybridized carbons (Fsp3) is 0.368. The van der Waals surface area contributed by atoms with Gasteiger partial charge in [0.2, 0.25) is 0 Å². The van der Waals surface area contributed by atoms with Gasteiger partial charge in [-0.3, -0.25) is 14.5 Å². The normalized spacial score (nSPS) is 19.3. The summed E-state index contributed by atoms with van der Waals surface area (Å²) in [6.07, 6.45) is -2.46. The minimum absolute atomic E-state index is 0.230. The molecule has 1 unspecified atom stereocenters. The van der Waals surface area contributed by atoms with Crippen molar-refractivity contribution in [2.75, 3.05) is 5.01 Å². The third kappa shape index (κ3) is 2.99. The maximum absolute atomic E-state index is 12.7. The molecule has 2 aliphatic rings. The molecule has 2 aliphatic heterocycles. The molecule has 1 atom stereocenters. The number of aromatic carboxylic acids is 1. The summed E-state index contributed by atoms with van der Waals surface area (Å²) >= 11 is 0. The Kier molecular flexibility index (Phi) is 3.91. The van der Waals surface area contributed by atoms with E-state index < -0.39 is 40.4 Å². The van der Waals surface area contributed by atoms with E-state index in [4.69, 9.17) is 0 Å². The van der Waals surface area contributed by atoms with Gasteiger partial charge in [-0.2, -0.15) is 0 Å². The lowest BCUT2D eigenvalue weighted by Gasteiger charge is -2.44. The summed E-state index contributed by atoms with van der Waals surface area (Å²) < 4.78 is 43.6. The molecule has 1 saturated heterocycles. The van der Waals surface area contributed by atoms with Gasteiger partial charge in [-0.25, -0.2) is 4.79 Å². The maximum Gasteiger partial charge on any atom is 0.573 e. The summed E-state index contributed by atoms with van der Waals surface area (Å²) in [5.74, 6) is -2.84. The van der Waals surface area contributed by atoms with Crippen molar-refractivity contribution in [1.29, 1.82) is 0 Å². The van der Waals surface area contributed by atoms with Crippen LogP contribution in [-0.2, 0) is 0 Å². The number of carboxylic acid groups (broad SMARTS) is 1. The summed E-state index contributed by atoms with van der Waals surface area (Å²) in [6.45, 7) is 3.89. The molecule has 10 heteroatoms. The zero-order valence-electron chi connectivity index (χ0n) is 15.4. The van der Waals surface area contributed by atoms with E-state index in [0.29, 0.717) is 18.4 Å². The van der Waals surface area contributed by atoms with Crippen molar-refractivity contribution in [3.05, 3.63) is 45.7 Å². The van der Waals surface area contributed by atoms with Crippen LogP contribution in [0, 0.1) is 0 Å². The molecule has 2 aromatic rings. The number of fused-ring (bicyclic) bond motifs is 6. The predicted octanol–water partition coefficient (Wildman–Crippen LogP) is 3.38. The highest BCUT2D eigenvalue weighted by Gasteiger charge is 2.45. The Balaban J connectivity index is 2.01. The molecule has 4 rings (SSSR count). The van der Waals surface area contributed by atoms with E-state index in [0.717, 1.165) is 12.1 Å². The molecular formula is C19H17F3N2O5. The Hall–Kier alpha value is -3.17. The molecule has 0 radical (unpaired) electrons. The topological polar surface area (TPSA) is 92.0 Å². The molecule has 1 fully saturated rings. The van der Waals surface area contributed by atoms with Crippen LogP contribution in [0.4, 0.5) is 13.2 Å². The average Bonchev–Trinajstić information content (AvgIpc) is 2.90. The molecular weight excluding hydrogens is 393 g/mol. The number of hydrogen-bond acceptors (Lipinski definition) is 5. The highest BCUT2D eigenvalue weighted by Crippen LogP contribution is 2.50. The summed E-state index contributed by atoms with van der Waals surface area (Å²) in [7, 11) is 0. The second kappa shape index (κ2) is 5.91. The number of phenols is 1. The zero-order valence-corrected chi connectivity index (χ0v) is 15.4. The van der Waals surface area contributed by atoms with E-state index in [2.05, 4.69) is 4.74 Å². The Bertz CT molecular complexity index is 1090. The lowest BCUT2D eigenvalue weighted by molar-refractivity contribution is -0.275. The fourth-order valence-electron chi connectivity index (χ4n) is 4.23. The van der Waals surface area contributed by atoms with Crippen molar-refractivity contribution < 1.29 is 32.9 Å². The highest BCUT2D eigenvalue weighted by molar-refractivity contribution is 5.88. The van der Waals surface area contributed by atoms with Gasteiger partial charge in [0.15, 0.2) is 16.9 Å². The van der Waals surface area contributed by atoms with Gasteiger partial charge in [-0.15, -0.1) is 13.2 Å². The van der Waals surface area contributed by atoms with Crippen molar-refractivity contribution in [2.24, 2.45) is 0 Å². The molecule has 2 N–H and O–H groups in total. The third-order valence-electron chi connectivity index (χ3n) is 5.43. The lowest BCUT2D eigenvalue weighted by atomic mass is 9.93. The van der Waals surface area contributed by atoms with Crippen molar-refractivity contribution in [3.8, 4) is 22.8 Å². The summed E-state index contributed by atoms with van der Waals surface area (Å²) in [6, 6.07) is 3.02. The van der Waals surface area contributed by atoms with E-state index in [1.807, 2.05) is 18.9 Å². The van der Waals surface area contributed by atoms with E-state index in [1.165, 1.54) is 16.9 Å². The number of ether oxygens (including phenoxy) is 1. The molecule has 1 aromatic heterocycles. The molecule has 0 amide bonds. The van der Waals surface area contributed by atoms with Gasteiger partial charge in [0.25, 0.3) is 0 Å². The minimum Gasteiger partial charge on any atom is -0.504 e. The third-order valence-corrected chi connectivity index (χ3v) is 5.43. The number of carbonyl (C=O) groups is 1. The first-order chi connectivity index (χ1) is 13.4. The van der Waals surface area contributed by atoms with Gasteiger partial charge < -0.3 is 14.9 Å².